The predicted molar refractivity (Wildman–Crippen MR) is 38.3 cm³/mol. The van der Waals surface area contributed by atoms with E-state index in [4.69, 9.17) is 0 Å². The number of hydrogen-bond acceptors (Lipinski definition) is 1. The van der Waals surface area contributed by atoms with E-state index < -0.39 is 0 Å². The fraction of sp³-hybridized carbons (Fsp3) is 1.00. The molecule has 0 radical (unpaired) electrons. The first-order valence-electron chi connectivity index (χ1n) is 3.97. The molecule has 1 unspecified atom stereocenters. The lowest BCUT2D eigenvalue weighted by Crippen LogP contribution is -2.53. The van der Waals surface area contributed by atoms with E-state index in [1.807, 2.05) is 0 Å². The Morgan fingerprint density at radius 3 is 2.33 bits per heavy atom. The van der Waals surface area contributed by atoms with Crippen LogP contribution in [0.15, 0.2) is 0 Å². The summed E-state index contributed by atoms with van der Waals surface area (Å²) in [4.78, 5) is 2.52. The van der Waals surface area contributed by atoms with Gasteiger partial charge in [0.2, 0.25) is 0 Å². The maximum absolute atomic E-state index is 2.52. The van der Waals surface area contributed by atoms with Crippen molar-refractivity contribution in [2.24, 2.45) is 11.8 Å². The first-order chi connectivity index (χ1) is 4.27. The molecule has 0 aromatic heterocycles. The zero-order valence-corrected chi connectivity index (χ0v) is 6.30. The third kappa shape index (κ3) is 0.710. The van der Waals surface area contributed by atoms with E-state index in [1.54, 1.807) is 0 Å². The lowest BCUT2D eigenvalue weighted by atomic mass is 9.68. The number of hydrogen-bond donors (Lipinski definition) is 0. The van der Waals surface area contributed by atoms with Crippen molar-refractivity contribution < 1.29 is 0 Å². The van der Waals surface area contributed by atoms with Crippen LogP contribution in [0, 0.1) is 11.8 Å². The zero-order chi connectivity index (χ0) is 6.43. The summed E-state index contributed by atoms with van der Waals surface area (Å²) >= 11 is 0. The summed E-state index contributed by atoms with van der Waals surface area (Å²) in [5.74, 6) is 2.06. The Morgan fingerprint density at radius 1 is 1.33 bits per heavy atom. The van der Waals surface area contributed by atoms with Crippen LogP contribution in [0.3, 0.4) is 0 Å². The summed E-state index contributed by atoms with van der Waals surface area (Å²) in [5.41, 5.74) is 0. The van der Waals surface area contributed by atoms with Crippen LogP contribution in [0.1, 0.15) is 19.8 Å². The molecule has 0 spiro atoms. The molecule has 3 aliphatic rings. The van der Waals surface area contributed by atoms with Crippen LogP contribution in [0.2, 0.25) is 0 Å². The second-order valence-electron chi connectivity index (χ2n) is 3.80. The van der Waals surface area contributed by atoms with E-state index in [9.17, 15) is 0 Å². The number of piperidine rings is 2. The number of fused-ring (bicyclic) bond motifs is 2. The highest BCUT2D eigenvalue weighted by atomic mass is 15.2. The average molecular weight is 125 g/mol. The van der Waals surface area contributed by atoms with Gasteiger partial charge in [0.05, 0.1) is 0 Å². The summed E-state index contributed by atoms with van der Waals surface area (Å²) < 4.78 is 0. The standard InChI is InChI=1S/C8H15N/c1-6-5-9(2)8-3-7(6)4-8/h6-8H,3-5H2,1-2H3. The van der Waals surface area contributed by atoms with E-state index in [1.165, 1.54) is 19.4 Å². The van der Waals surface area contributed by atoms with Gasteiger partial charge in [0, 0.05) is 12.6 Å². The van der Waals surface area contributed by atoms with Crippen molar-refractivity contribution in [1.29, 1.82) is 0 Å². The Kier molecular flexibility index (Phi) is 1.10. The van der Waals surface area contributed by atoms with Gasteiger partial charge in [0.25, 0.3) is 0 Å². The summed E-state index contributed by atoms with van der Waals surface area (Å²) in [6.45, 7) is 3.73. The molecular weight excluding hydrogens is 110 g/mol. The van der Waals surface area contributed by atoms with Gasteiger partial charge in [-0.15, -0.1) is 0 Å². The normalized spacial score (nSPS) is 50.7. The number of nitrogens with zero attached hydrogens (tertiary/aromatic N) is 1. The van der Waals surface area contributed by atoms with Gasteiger partial charge >= 0.3 is 0 Å². The first kappa shape index (κ1) is 5.72. The highest BCUT2D eigenvalue weighted by Crippen LogP contribution is 2.41. The Balaban J connectivity index is 2.04. The Bertz CT molecular complexity index is 104. The smallest absolute Gasteiger partial charge is 0.00978 e. The van der Waals surface area contributed by atoms with Crippen molar-refractivity contribution in [2.45, 2.75) is 25.8 Å². The molecule has 0 aromatic rings. The van der Waals surface area contributed by atoms with Crippen molar-refractivity contribution in [3.63, 3.8) is 0 Å². The second-order valence-corrected chi connectivity index (χ2v) is 3.80. The van der Waals surface area contributed by atoms with Crippen LogP contribution in [-0.4, -0.2) is 24.5 Å². The van der Waals surface area contributed by atoms with Gasteiger partial charge in [-0.25, -0.2) is 0 Å². The Hall–Kier alpha value is -0.0400. The van der Waals surface area contributed by atoms with Crippen molar-refractivity contribution in [3.05, 3.63) is 0 Å². The maximum atomic E-state index is 2.52. The minimum atomic E-state index is 0.964. The zero-order valence-electron chi connectivity index (χ0n) is 6.30. The van der Waals surface area contributed by atoms with Crippen LogP contribution in [0.5, 0.6) is 0 Å². The third-order valence-corrected chi connectivity index (χ3v) is 3.15. The molecule has 3 rings (SSSR count). The van der Waals surface area contributed by atoms with Crippen LogP contribution in [-0.2, 0) is 0 Å². The van der Waals surface area contributed by atoms with Gasteiger partial charge in [-0.1, -0.05) is 6.92 Å². The largest absolute Gasteiger partial charge is 0.303 e. The van der Waals surface area contributed by atoms with Crippen molar-refractivity contribution >= 4 is 0 Å². The van der Waals surface area contributed by atoms with E-state index in [0.29, 0.717) is 0 Å². The summed E-state index contributed by atoms with van der Waals surface area (Å²) in [7, 11) is 2.26. The van der Waals surface area contributed by atoms with Crippen molar-refractivity contribution in [2.75, 3.05) is 13.6 Å². The molecule has 9 heavy (non-hydrogen) atoms. The van der Waals surface area contributed by atoms with Crippen LogP contribution in [0.25, 0.3) is 0 Å². The molecule has 1 saturated carbocycles. The van der Waals surface area contributed by atoms with Gasteiger partial charge < -0.3 is 4.90 Å². The molecule has 2 heterocycles. The van der Waals surface area contributed by atoms with Crippen molar-refractivity contribution in [3.8, 4) is 0 Å². The molecular formula is C8H15N. The summed E-state index contributed by atoms with van der Waals surface area (Å²) in [6.07, 6.45) is 2.97. The highest BCUT2D eigenvalue weighted by molar-refractivity contribution is 4.94. The molecule has 1 heteroatoms. The van der Waals surface area contributed by atoms with Crippen LogP contribution < -0.4 is 0 Å². The Morgan fingerprint density at radius 2 is 2.00 bits per heavy atom. The predicted octanol–water partition coefficient (Wildman–Crippen LogP) is 1.35. The number of rotatable bonds is 0. The molecule has 2 saturated heterocycles. The summed E-state index contributed by atoms with van der Waals surface area (Å²) in [5, 5.41) is 0. The van der Waals surface area contributed by atoms with Crippen LogP contribution in [0.4, 0.5) is 0 Å². The van der Waals surface area contributed by atoms with E-state index in [2.05, 4.69) is 18.9 Å². The molecule has 1 aliphatic carbocycles. The lowest BCUT2D eigenvalue weighted by Gasteiger charge is -2.51. The molecule has 0 amide bonds. The van der Waals surface area contributed by atoms with E-state index in [-0.39, 0.29) is 0 Å². The van der Waals surface area contributed by atoms with Crippen molar-refractivity contribution in [1.82, 2.24) is 4.90 Å². The Labute approximate surface area is 57.0 Å². The van der Waals surface area contributed by atoms with Gasteiger partial charge in [0.15, 0.2) is 0 Å². The minimum Gasteiger partial charge on any atom is -0.303 e. The lowest BCUT2D eigenvalue weighted by molar-refractivity contribution is -0.00911. The SMILES string of the molecule is CC1CN(C)C2CC1C2. The topological polar surface area (TPSA) is 3.24 Å². The molecule has 52 valence electrons. The van der Waals surface area contributed by atoms with Crippen LogP contribution >= 0.6 is 0 Å². The van der Waals surface area contributed by atoms with Gasteiger partial charge in [0.1, 0.15) is 0 Å². The molecule has 2 bridgehead atoms. The monoisotopic (exact) mass is 125 g/mol. The van der Waals surface area contributed by atoms with Gasteiger partial charge in [-0.05, 0) is 31.7 Å². The summed E-state index contributed by atoms with van der Waals surface area (Å²) in [6, 6.07) is 0.964. The average Bonchev–Trinajstić information content (AvgIpc) is 1.57. The second kappa shape index (κ2) is 1.72. The molecule has 3 fully saturated rings. The minimum absolute atomic E-state index is 0.964. The third-order valence-electron chi connectivity index (χ3n) is 3.15. The fourth-order valence-electron chi connectivity index (χ4n) is 2.21. The van der Waals surface area contributed by atoms with Gasteiger partial charge in [-0.2, -0.15) is 0 Å². The van der Waals surface area contributed by atoms with E-state index in [0.717, 1.165) is 17.9 Å². The molecule has 1 nitrogen and oxygen atoms in total. The van der Waals surface area contributed by atoms with E-state index >= 15 is 0 Å². The molecule has 2 aliphatic heterocycles. The van der Waals surface area contributed by atoms with Gasteiger partial charge in [-0.3, -0.25) is 0 Å². The maximum Gasteiger partial charge on any atom is 0.00978 e. The molecule has 1 atom stereocenters. The molecule has 0 N–H and O–H groups in total. The fourth-order valence-corrected chi connectivity index (χ4v) is 2.21. The quantitative estimate of drug-likeness (QED) is 0.472. The first-order valence-corrected chi connectivity index (χ1v) is 3.97. The molecule has 0 aromatic carbocycles. The highest BCUT2D eigenvalue weighted by Gasteiger charge is 2.40.